The molecule has 0 aromatic heterocycles. The summed E-state index contributed by atoms with van der Waals surface area (Å²) in [6, 6.07) is 0.671. The molecule has 0 spiro atoms. The van der Waals surface area contributed by atoms with E-state index in [2.05, 4.69) is 18.2 Å². The zero-order chi connectivity index (χ0) is 11.9. The maximum Gasteiger partial charge on any atom is 0.0212 e. The van der Waals surface area contributed by atoms with Gasteiger partial charge in [-0.15, -0.1) is 12.3 Å². The number of terminal acetylenes is 1. The van der Waals surface area contributed by atoms with Crippen LogP contribution in [0, 0.1) is 35.5 Å². The van der Waals surface area contributed by atoms with Crippen LogP contribution in [-0.2, 0) is 0 Å². The van der Waals surface area contributed by atoms with Crippen LogP contribution in [0.2, 0.25) is 0 Å². The van der Waals surface area contributed by atoms with E-state index in [1.54, 1.807) is 0 Å². The van der Waals surface area contributed by atoms with Gasteiger partial charge in [-0.2, -0.15) is 0 Å². The standard InChI is InChI=1S/C16H25N/c1-3-4-5-17-12(2)16-9-13-6-14(10-16)8-15(7-13)11-16/h1,12-15,17H,4-11H2,2H3. The van der Waals surface area contributed by atoms with Gasteiger partial charge in [0.2, 0.25) is 0 Å². The van der Waals surface area contributed by atoms with Crippen LogP contribution in [-0.4, -0.2) is 12.6 Å². The van der Waals surface area contributed by atoms with Crippen molar-refractivity contribution >= 4 is 0 Å². The fourth-order valence-corrected chi connectivity index (χ4v) is 5.29. The lowest BCUT2D eigenvalue weighted by atomic mass is 9.48. The molecule has 1 nitrogen and oxygen atoms in total. The Morgan fingerprint density at radius 2 is 1.71 bits per heavy atom. The van der Waals surface area contributed by atoms with Gasteiger partial charge in [-0.05, 0) is 68.6 Å². The Hall–Kier alpha value is -0.480. The Bertz CT molecular complexity index is 290. The van der Waals surface area contributed by atoms with Crippen LogP contribution in [0.4, 0.5) is 0 Å². The molecule has 1 N–H and O–H groups in total. The summed E-state index contributed by atoms with van der Waals surface area (Å²) in [7, 11) is 0. The lowest BCUT2D eigenvalue weighted by molar-refractivity contribution is -0.0701. The molecule has 0 radical (unpaired) electrons. The van der Waals surface area contributed by atoms with E-state index in [4.69, 9.17) is 6.42 Å². The van der Waals surface area contributed by atoms with Gasteiger partial charge in [0.15, 0.2) is 0 Å². The molecule has 1 atom stereocenters. The molecule has 4 saturated carbocycles. The fraction of sp³-hybridized carbons (Fsp3) is 0.875. The van der Waals surface area contributed by atoms with Crippen molar-refractivity contribution in [3.05, 3.63) is 0 Å². The van der Waals surface area contributed by atoms with Gasteiger partial charge in [0.25, 0.3) is 0 Å². The van der Waals surface area contributed by atoms with Crippen molar-refractivity contribution in [2.45, 2.75) is 57.9 Å². The topological polar surface area (TPSA) is 12.0 Å². The van der Waals surface area contributed by atoms with E-state index >= 15 is 0 Å². The molecule has 1 heteroatoms. The maximum atomic E-state index is 5.33. The smallest absolute Gasteiger partial charge is 0.0212 e. The Morgan fingerprint density at radius 3 is 2.18 bits per heavy atom. The number of rotatable bonds is 4. The third kappa shape index (κ3) is 2.02. The summed E-state index contributed by atoms with van der Waals surface area (Å²) in [5.74, 6) is 5.90. The average Bonchev–Trinajstić information content (AvgIpc) is 2.27. The molecule has 0 amide bonds. The molecule has 94 valence electrons. The van der Waals surface area contributed by atoms with Crippen LogP contribution in [0.25, 0.3) is 0 Å². The van der Waals surface area contributed by atoms with Crippen LogP contribution in [0.1, 0.15) is 51.9 Å². The Labute approximate surface area is 106 Å². The van der Waals surface area contributed by atoms with Gasteiger partial charge in [0.1, 0.15) is 0 Å². The van der Waals surface area contributed by atoms with E-state index in [0.717, 1.165) is 30.7 Å². The highest BCUT2D eigenvalue weighted by Gasteiger charge is 2.52. The van der Waals surface area contributed by atoms with E-state index in [1.165, 1.54) is 38.5 Å². The van der Waals surface area contributed by atoms with Gasteiger partial charge in [0, 0.05) is 19.0 Å². The molecule has 4 bridgehead atoms. The van der Waals surface area contributed by atoms with Crippen LogP contribution < -0.4 is 5.32 Å². The third-order valence-electron chi connectivity index (χ3n) is 5.72. The second kappa shape index (κ2) is 4.32. The van der Waals surface area contributed by atoms with E-state index in [0.29, 0.717) is 11.5 Å². The Balaban J connectivity index is 1.67. The molecule has 1 unspecified atom stereocenters. The minimum atomic E-state index is 0.628. The van der Waals surface area contributed by atoms with E-state index < -0.39 is 0 Å². The van der Waals surface area contributed by atoms with Crippen molar-refractivity contribution in [2.24, 2.45) is 23.2 Å². The Kier molecular flexibility index (Phi) is 2.95. The summed E-state index contributed by atoms with van der Waals surface area (Å²) in [5, 5.41) is 3.70. The van der Waals surface area contributed by atoms with Gasteiger partial charge in [0.05, 0.1) is 0 Å². The van der Waals surface area contributed by atoms with Gasteiger partial charge in [-0.1, -0.05) is 0 Å². The lowest BCUT2D eigenvalue weighted by Gasteiger charge is -2.59. The summed E-state index contributed by atoms with van der Waals surface area (Å²) in [6.07, 6.45) is 15.3. The van der Waals surface area contributed by atoms with Crippen molar-refractivity contribution < 1.29 is 0 Å². The summed E-state index contributed by atoms with van der Waals surface area (Å²) >= 11 is 0. The molecule has 4 aliphatic rings. The molecule has 0 aliphatic heterocycles. The van der Waals surface area contributed by atoms with Crippen LogP contribution >= 0.6 is 0 Å². The van der Waals surface area contributed by atoms with E-state index in [1.807, 2.05) is 0 Å². The zero-order valence-electron chi connectivity index (χ0n) is 11.0. The third-order valence-corrected chi connectivity index (χ3v) is 5.72. The SMILES string of the molecule is C#CCCNC(C)C12CC3CC(CC(C3)C1)C2. The highest BCUT2D eigenvalue weighted by atomic mass is 14.9. The first-order chi connectivity index (χ1) is 8.22. The zero-order valence-corrected chi connectivity index (χ0v) is 11.0. The summed E-state index contributed by atoms with van der Waals surface area (Å²) < 4.78 is 0. The Morgan fingerprint density at radius 1 is 1.18 bits per heavy atom. The van der Waals surface area contributed by atoms with Gasteiger partial charge < -0.3 is 5.32 Å². The van der Waals surface area contributed by atoms with Crippen molar-refractivity contribution in [1.29, 1.82) is 0 Å². The first kappa shape index (κ1) is 11.6. The second-order valence-electron chi connectivity index (χ2n) is 6.91. The summed E-state index contributed by atoms with van der Waals surface area (Å²) in [5.41, 5.74) is 0.628. The number of hydrogen-bond donors (Lipinski definition) is 1. The summed E-state index contributed by atoms with van der Waals surface area (Å²) in [6.45, 7) is 3.41. The molecule has 0 saturated heterocycles. The lowest BCUT2D eigenvalue weighted by Crippen LogP contribution is -2.54. The maximum absolute atomic E-state index is 5.33. The molecule has 17 heavy (non-hydrogen) atoms. The second-order valence-corrected chi connectivity index (χ2v) is 6.91. The highest BCUT2D eigenvalue weighted by molar-refractivity contribution is 5.05. The van der Waals surface area contributed by atoms with Crippen molar-refractivity contribution in [1.82, 2.24) is 5.32 Å². The minimum absolute atomic E-state index is 0.628. The van der Waals surface area contributed by atoms with Gasteiger partial charge in [-0.25, -0.2) is 0 Å². The van der Waals surface area contributed by atoms with Crippen LogP contribution in [0.3, 0.4) is 0 Å². The van der Waals surface area contributed by atoms with Crippen molar-refractivity contribution in [3.8, 4) is 12.3 Å². The average molecular weight is 231 g/mol. The van der Waals surface area contributed by atoms with Gasteiger partial charge in [-0.3, -0.25) is 0 Å². The number of hydrogen-bond acceptors (Lipinski definition) is 1. The minimum Gasteiger partial charge on any atom is -0.313 e. The molecule has 4 rings (SSSR count). The highest BCUT2D eigenvalue weighted by Crippen LogP contribution is 2.61. The number of nitrogens with one attached hydrogen (secondary N) is 1. The van der Waals surface area contributed by atoms with Gasteiger partial charge >= 0.3 is 0 Å². The quantitative estimate of drug-likeness (QED) is 0.579. The molecule has 4 aliphatic carbocycles. The van der Waals surface area contributed by atoms with Crippen LogP contribution in [0.5, 0.6) is 0 Å². The molecule has 0 heterocycles. The monoisotopic (exact) mass is 231 g/mol. The predicted molar refractivity (Wildman–Crippen MR) is 71.5 cm³/mol. The largest absolute Gasteiger partial charge is 0.313 e. The van der Waals surface area contributed by atoms with E-state index in [9.17, 15) is 0 Å². The molecular weight excluding hydrogens is 206 g/mol. The molecular formula is C16H25N. The molecule has 4 fully saturated rings. The summed E-state index contributed by atoms with van der Waals surface area (Å²) in [4.78, 5) is 0. The molecule has 0 aromatic rings. The van der Waals surface area contributed by atoms with E-state index in [-0.39, 0.29) is 0 Å². The fourth-order valence-electron chi connectivity index (χ4n) is 5.29. The normalized spacial score (nSPS) is 44.6. The predicted octanol–water partition coefficient (Wildman–Crippen LogP) is 3.20. The van der Waals surface area contributed by atoms with Crippen molar-refractivity contribution in [2.75, 3.05) is 6.54 Å². The molecule has 0 aromatic carbocycles. The van der Waals surface area contributed by atoms with Crippen molar-refractivity contribution in [3.63, 3.8) is 0 Å². The first-order valence-electron chi connectivity index (χ1n) is 7.39. The first-order valence-corrected chi connectivity index (χ1v) is 7.39. The van der Waals surface area contributed by atoms with Crippen LogP contribution in [0.15, 0.2) is 0 Å².